The van der Waals surface area contributed by atoms with Crippen molar-refractivity contribution in [2.75, 3.05) is 0 Å². The number of rotatable bonds is 3. The standard InChI is InChI=1S/C13H7Br4FO/c14-8-4-9(15)13(10(16)5-8)19-6-7-2-1-3-11(18)12(7)17/h1-5H,6H2. The first kappa shape index (κ1) is 15.5. The Morgan fingerprint density at radius 1 is 1.00 bits per heavy atom. The molecule has 0 atom stereocenters. The van der Waals surface area contributed by atoms with E-state index in [0.29, 0.717) is 10.2 Å². The second-order valence-electron chi connectivity index (χ2n) is 3.70. The van der Waals surface area contributed by atoms with Gasteiger partial charge in [0.25, 0.3) is 0 Å². The smallest absolute Gasteiger partial charge is 0.148 e. The van der Waals surface area contributed by atoms with Gasteiger partial charge >= 0.3 is 0 Å². The van der Waals surface area contributed by atoms with Gasteiger partial charge in [-0.3, -0.25) is 0 Å². The van der Waals surface area contributed by atoms with Crippen LogP contribution in [0.2, 0.25) is 0 Å². The van der Waals surface area contributed by atoms with Crippen molar-refractivity contribution in [1.29, 1.82) is 0 Å². The van der Waals surface area contributed by atoms with Crippen LogP contribution in [-0.2, 0) is 6.61 Å². The number of ether oxygens (including phenoxy) is 1. The van der Waals surface area contributed by atoms with Crippen LogP contribution in [0.1, 0.15) is 5.56 Å². The minimum Gasteiger partial charge on any atom is -0.486 e. The monoisotopic (exact) mass is 514 g/mol. The van der Waals surface area contributed by atoms with Gasteiger partial charge in [0.15, 0.2) is 0 Å². The number of halogens is 5. The van der Waals surface area contributed by atoms with E-state index in [4.69, 9.17) is 4.74 Å². The molecule has 0 unspecified atom stereocenters. The Kier molecular flexibility index (Phi) is 5.45. The molecule has 0 aliphatic carbocycles. The fourth-order valence-corrected chi connectivity index (χ4v) is 4.34. The van der Waals surface area contributed by atoms with Crippen molar-refractivity contribution >= 4 is 63.7 Å². The minimum absolute atomic E-state index is 0.275. The first-order valence-corrected chi connectivity index (χ1v) is 8.36. The maximum Gasteiger partial charge on any atom is 0.148 e. The third kappa shape index (κ3) is 3.80. The summed E-state index contributed by atoms with van der Waals surface area (Å²) in [5.74, 6) is 0.384. The summed E-state index contributed by atoms with van der Waals surface area (Å²) in [6.07, 6.45) is 0. The van der Waals surface area contributed by atoms with Gasteiger partial charge in [0.2, 0.25) is 0 Å². The maximum atomic E-state index is 13.4. The summed E-state index contributed by atoms with van der Waals surface area (Å²) in [7, 11) is 0. The Morgan fingerprint density at radius 2 is 1.63 bits per heavy atom. The summed E-state index contributed by atoms with van der Waals surface area (Å²) < 4.78 is 22.1. The second-order valence-corrected chi connectivity index (χ2v) is 7.12. The lowest BCUT2D eigenvalue weighted by atomic mass is 10.2. The molecule has 0 saturated heterocycles. The molecule has 2 aromatic carbocycles. The topological polar surface area (TPSA) is 9.23 Å². The van der Waals surface area contributed by atoms with Gasteiger partial charge in [-0.15, -0.1) is 0 Å². The van der Waals surface area contributed by atoms with E-state index < -0.39 is 0 Å². The van der Waals surface area contributed by atoms with E-state index in [0.717, 1.165) is 19.0 Å². The Labute approximate surface area is 144 Å². The average molecular weight is 518 g/mol. The lowest BCUT2D eigenvalue weighted by Gasteiger charge is -2.12. The van der Waals surface area contributed by atoms with Gasteiger partial charge in [-0.1, -0.05) is 28.1 Å². The molecule has 2 aromatic rings. The molecule has 0 radical (unpaired) electrons. The molecule has 6 heteroatoms. The Bertz CT molecular complexity index is 593. The highest BCUT2D eigenvalue weighted by Crippen LogP contribution is 2.37. The Balaban J connectivity index is 2.22. The summed E-state index contributed by atoms with van der Waals surface area (Å²) in [5.41, 5.74) is 0.752. The summed E-state index contributed by atoms with van der Waals surface area (Å²) in [4.78, 5) is 0. The molecule has 0 aromatic heterocycles. The predicted octanol–water partition coefficient (Wildman–Crippen LogP) is 6.45. The molecule has 0 bridgehead atoms. The van der Waals surface area contributed by atoms with E-state index in [9.17, 15) is 4.39 Å². The van der Waals surface area contributed by atoms with Crippen LogP contribution in [0.3, 0.4) is 0 Å². The van der Waals surface area contributed by atoms with E-state index in [2.05, 4.69) is 63.7 Å². The fourth-order valence-electron chi connectivity index (χ4n) is 1.48. The molecule has 0 fully saturated rings. The van der Waals surface area contributed by atoms with Crippen LogP contribution in [0.15, 0.2) is 48.2 Å². The molecule has 0 saturated carbocycles. The van der Waals surface area contributed by atoms with E-state index >= 15 is 0 Å². The third-order valence-electron chi connectivity index (χ3n) is 2.37. The molecule has 2 rings (SSSR count). The van der Waals surface area contributed by atoms with Crippen molar-refractivity contribution in [3.63, 3.8) is 0 Å². The lowest BCUT2D eigenvalue weighted by Crippen LogP contribution is -1.99. The van der Waals surface area contributed by atoms with E-state index in [1.807, 2.05) is 18.2 Å². The van der Waals surface area contributed by atoms with Crippen molar-refractivity contribution in [2.45, 2.75) is 6.61 Å². The molecule has 1 nitrogen and oxygen atoms in total. The van der Waals surface area contributed by atoms with Crippen molar-refractivity contribution in [1.82, 2.24) is 0 Å². The van der Waals surface area contributed by atoms with Crippen LogP contribution in [0.25, 0.3) is 0 Å². The number of hydrogen-bond acceptors (Lipinski definition) is 1. The molecule has 0 amide bonds. The van der Waals surface area contributed by atoms with E-state index in [-0.39, 0.29) is 12.4 Å². The molecule has 0 heterocycles. The average Bonchev–Trinajstić information content (AvgIpc) is 2.33. The Hall–Kier alpha value is 0.0900. The zero-order valence-corrected chi connectivity index (χ0v) is 15.7. The van der Waals surface area contributed by atoms with Gasteiger partial charge in [0.1, 0.15) is 18.2 Å². The van der Waals surface area contributed by atoms with E-state index in [1.54, 1.807) is 6.07 Å². The number of benzene rings is 2. The highest BCUT2D eigenvalue weighted by molar-refractivity contribution is 9.11. The van der Waals surface area contributed by atoms with E-state index in [1.165, 1.54) is 6.07 Å². The second kappa shape index (κ2) is 6.70. The van der Waals surface area contributed by atoms with Crippen LogP contribution >= 0.6 is 63.7 Å². The van der Waals surface area contributed by atoms with Crippen molar-refractivity contribution in [2.24, 2.45) is 0 Å². The van der Waals surface area contributed by atoms with Gasteiger partial charge in [0.05, 0.1) is 13.4 Å². The molecule has 0 aliphatic rings. The summed E-state index contributed by atoms with van der Waals surface area (Å²) in [6, 6.07) is 8.65. The molecule has 100 valence electrons. The fraction of sp³-hybridized carbons (Fsp3) is 0.0769. The van der Waals surface area contributed by atoms with Gasteiger partial charge in [-0.25, -0.2) is 4.39 Å². The van der Waals surface area contributed by atoms with Crippen LogP contribution < -0.4 is 4.74 Å². The Morgan fingerprint density at radius 3 is 2.26 bits per heavy atom. The highest BCUT2D eigenvalue weighted by atomic mass is 79.9. The van der Waals surface area contributed by atoms with Gasteiger partial charge in [-0.2, -0.15) is 0 Å². The first-order chi connectivity index (χ1) is 8.99. The summed E-state index contributed by atoms with van der Waals surface area (Å²) >= 11 is 13.5. The van der Waals surface area contributed by atoms with Crippen LogP contribution in [-0.4, -0.2) is 0 Å². The van der Waals surface area contributed by atoms with Crippen LogP contribution in [0.4, 0.5) is 4.39 Å². The van der Waals surface area contributed by atoms with Crippen molar-refractivity contribution in [3.05, 3.63) is 59.6 Å². The van der Waals surface area contributed by atoms with Gasteiger partial charge in [-0.05, 0) is 66.0 Å². The number of hydrogen-bond donors (Lipinski definition) is 0. The largest absolute Gasteiger partial charge is 0.486 e. The molecule has 0 spiro atoms. The zero-order valence-electron chi connectivity index (χ0n) is 9.39. The van der Waals surface area contributed by atoms with Crippen molar-refractivity contribution in [3.8, 4) is 5.75 Å². The molecule has 0 aliphatic heterocycles. The molecule has 0 N–H and O–H groups in total. The predicted molar refractivity (Wildman–Crippen MR) is 88.0 cm³/mol. The van der Waals surface area contributed by atoms with Crippen LogP contribution in [0, 0.1) is 5.82 Å². The zero-order chi connectivity index (χ0) is 14.0. The highest BCUT2D eigenvalue weighted by Gasteiger charge is 2.10. The minimum atomic E-state index is -0.296. The van der Waals surface area contributed by atoms with Crippen molar-refractivity contribution < 1.29 is 9.13 Å². The third-order valence-corrected chi connectivity index (χ3v) is 4.89. The maximum absolute atomic E-state index is 13.4. The van der Waals surface area contributed by atoms with Crippen LogP contribution in [0.5, 0.6) is 5.75 Å². The van der Waals surface area contributed by atoms with Gasteiger partial charge in [0, 0.05) is 10.0 Å². The quantitative estimate of drug-likeness (QED) is 0.454. The summed E-state index contributed by atoms with van der Waals surface area (Å²) in [5, 5.41) is 0. The molecular formula is C13H7Br4FO. The van der Waals surface area contributed by atoms with Gasteiger partial charge < -0.3 is 4.74 Å². The summed E-state index contributed by atoms with van der Waals surface area (Å²) in [6.45, 7) is 0.275. The SMILES string of the molecule is Fc1cccc(COc2c(Br)cc(Br)cc2Br)c1Br. The lowest BCUT2D eigenvalue weighted by molar-refractivity contribution is 0.300. The first-order valence-electron chi connectivity index (χ1n) is 5.19. The normalized spacial score (nSPS) is 10.6. The molecular weight excluding hydrogens is 511 g/mol. The molecule has 19 heavy (non-hydrogen) atoms.